The lowest BCUT2D eigenvalue weighted by atomic mass is 9.86. The van der Waals surface area contributed by atoms with Crippen molar-refractivity contribution in [1.82, 2.24) is 9.97 Å². The number of ether oxygens (including phenoxy) is 2. The van der Waals surface area contributed by atoms with Crippen molar-refractivity contribution in [2.75, 3.05) is 25.3 Å². The van der Waals surface area contributed by atoms with Crippen LogP contribution in [0.25, 0.3) is 0 Å². The molecule has 27 heavy (non-hydrogen) atoms. The van der Waals surface area contributed by atoms with Gasteiger partial charge >= 0.3 is 0 Å². The molecule has 0 unspecified atom stereocenters. The average Bonchev–Trinajstić information content (AvgIpc) is 2.65. The monoisotopic (exact) mass is 389 g/mol. The summed E-state index contributed by atoms with van der Waals surface area (Å²) >= 11 is 1.31. The van der Waals surface area contributed by atoms with Gasteiger partial charge in [-0.15, -0.1) is 6.58 Å². The average molecular weight is 389 g/mol. The van der Waals surface area contributed by atoms with E-state index < -0.39 is 5.92 Å². The summed E-state index contributed by atoms with van der Waals surface area (Å²) in [6.07, 6.45) is 1.76. The number of rotatable bonds is 6. The Kier molecular flexibility index (Phi) is 5.41. The van der Waals surface area contributed by atoms with E-state index in [0.717, 1.165) is 0 Å². The highest BCUT2D eigenvalue weighted by atomic mass is 32.2. The molecule has 9 heteroatoms. The summed E-state index contributed by atoms with van der Waals surface area (Å²) in [6.45, 7) is 3.63. The largest absolute Gasteiger partial charge is 0.502 e. The number of fused-ring (bicyclic) bond motifs is 1. The summed E-state index contributed by atoms with van der Waals surface area (Å²) in [5, 5.41) is 13.2. The Morgan fingerprint density at radius 1 is 1.33 bits per heavy atom. The lowest BCUT2D eigenvalue weighted by Crippen LogP contribution is -2.31. The fraction of sp³-hybridized carbons (Fsp3) is 0.278. The molecule has 3 rings (SSSR count). The molecule has 1 aromatic heterocycles. The number of anilines is 1. The van der Waals surface area contributed by atoms with E-state index in [2.05, 4.69) is 21.9 Å². The van der Waals surface area contributed by atoms with Gasteiger partial charge in [-0.05, 0) is 17.7 Å². The number of nitrogens with zero attached hydrogens (tertiary/aromatic N) is 1. The minimum absolute atomic E-state index is 0.0635. The van der Waals surface area contributed by atoms with Gasteiger partial charge in [0.05, 0.1) is 19.8 Å². The van der Waals surface area contributed by atoms with Crippen molar-refractivity contribution < 1.29 is 19.4 Å². The lowest BCUT2D eigenvalue weighted by molar-refractivity contribution is -0.116. The van der Waals surface area contributed by atoms with Crippen LogP contribution in [0.4, 0.5) is 5.82 Å². The molecule has 3 N–H and O–H groups in total. The first-order valence-electron chi connectivity index (χ1n) is 8.11. The molecule has 0 spiro atoms. The Bertz CT molecular complexity index is 931. The predicted molar refractivity (Wildman–Crippen MR) is 102 cm³/mol. The van der Waals surface area contributed by atoms with Gasteiger partial charge < -0.3 is 24.9 Å². The number of aromatic hydroxyl groups is 1. The first-order chi connectivity index (χ1) is 13.0. The van der Waals surface area contributed by atoms with Crippen LogP contribution in [0.3, 0.4) is 0 Å². The second-order valence-corrected chi connectivity index (χ2v) is 6.82. The third-order valence-electron chi connectivity index (χ3n) is 4.17. The highest BCUT2D eigenvalue weighted by Gasteiger charge is 2.32. The van der Waals surface area contributed by atoms with Crippen LogP contribution < -0.4 is 20.3 Å². The molecule has 0 radical (unpaired) electrons. The topological polar surface area (TPSA) is 114 Å². The fourth-order valence-corrected chi connectivity index (χ4v) is 3.55. The van der Waals surface area contributed by atoms with E-state index in [1.807, 2.05) is 0 Å². The SMILES string of the molecule is C=CCSc1nc2c(c(=O)[nH]1)[C@@H](c1cc(OC)c(O)c(OC)c1)CC(=O)N2. The highest BCUT2D eigenvalue weighted by Crippen LogP contribution is 2.42. The number of methoxy groups -OCH3 is 2. The van der Waals surface area contributed by atoms with E-state index in [-0.39, 0.29) is 41.0 Å². The van der Waals surface area contributed by atoms with Crippen molar-refractivity contribution in [2.45, 2.75) is 17.5 Å². The van der Waals surface area contributed by atoms with Crippen molar-refractivity contribution >= 4 is 23.5 Å². The summed E-state index contributed by atoms with van der Waals surface area (Å²) in [5.41, 5.74) is 0.631. The molecule has 0 aliphatic carbocycles. The molecule has 1 aliphatic rings. The lowest BCUT2D eigenvalue weighted by Gasteiger charge is -2.25. The molecular weight excluding hydrogens is 370 g/mol. The standard InChI is InChI=1S/C18H19N3O5S/c1-4-5-27-18-20-16-14(17(24)21-18)10(8-13(22)19-16)9-6-11(25-2)15(23)12(7-9)26-3/h4,6-7,10,23H,1,5,8H2,2-3H3,(H2,19,20,21,22,24)/t10-/m1/s1. The van der Waals surface area contributed by atoms with Gasteiger partial charge in [0.2, 0.25) is 11.7 Å². The Hall–Kier alpha value is -2.94. The number of aromatic nitrogens is 2. The minimum atomic E-state index is -0.549. The summed E-state index contributed by atoms with van der Waals surface area (Å²) in [5.74, 6) is 0.248. The van der Waals surface area contributed by atoms with Gasteiger partial charge in [0.1, 0.15) is 5.82 Å². The summed E-state index contributed by atoms with van der Waals surface area (Å²) in [6, 6.07) is 3.18. The summed E-state index contributed by atoms with van der Waals surface area (Å²) in [4.78, 5) is 32.0. The molecule has 1 amide bonds. The molecule has 2 aromatic rings. The number of benzene rings is 1. The molecule has 0 saturated carbocycles. The van der Waals surface area contributed by atoms with Crippen molar-refractivity contribution in [3.8, 4) is 17.2 Å². The van der Waals surface area contributed by atoms with Crippen LogP contribution in [-0.2, 0) is 4.79 Å². The third-order valence-corrected chi connectivity index (χ3v) is 5.04. The molecule has 1 aliphatic heterocycles. The van der Waals surface area contributed by atoms with Crippen LogP contribution in [-0.4, -0.2) is 41.0 Å². The number of thioether (sulfide) groups is 1. The van der Waals surface area contributed by atoms with Crippen LogP contribution in [0.2, 0.25) is 0 Å². The van der Waals surface area contributed by atoms with Gasteiger partial charge in [-0.3, -0.25) is 9.59 Å². The molecular formula is C18H19N3O5S. The molecule has 2 heterocycles. The smallest absolute Gasteiger partial charge is 0.257 e. The van der Waals surface area contributed by atoms with Crippen molar-refractivity contribution in [2.24, 2.45) is 0 Å². The maximum atomic E-state index is 12.7. The third kappa shape index (κ3) is 3.63. The Labute approximate surface area is 159 Å². The van der Waals surface area contributed by atoms with Gasteiger partial charge in [0, 0.05) is 18.1 Å². The second kappa shape index (κ2) is 7.75. The quantitative estimate of drug-likeness (QED) is 0.394. The zero-order chi connectivity index (χ0) is 19.6. The number of hydrogen-bond donors (Lipinski definition) is 3. The number of phenols is 1. The number of phenolic OH excluding ortho intramolecular Hbond substituents is 1. The Morgan fingerprint density at radius 2 is 2.00 bits per heavy atom. The first-order valence-corrected chi connectivity index (χ1v) is 9.09. The molecule has 0 bridgehead atoms. The maximum absolute atomic E-state index is 12.7. The number of aromatic amines is 1. The van der Waals surface area contributed by atoms with Crippen molar-refractivity contribution in [3.05, 3.63) is 46.3 Å². The van der Waals surface area contributed by atoms with E-state index >= 15 is 0 Å². The van der Waals surface area contributed by atoms with Crippen LogP contribution in [0.1, 0.15) is 23.5 Å². The maximum Gasteiger partial charge on any atom is 0.257 e. The summed E-state index contributed by atoms with van der Waals surface area (Å²) in [7, 11) is 2.83. The van der Waals surface area contributed by atoms with Gasteiger partial charge in [-0.1, -0.05) is 17.8 Å². The zero-order valence-electron chi connectivity index (χ0n) is 14.9. The van der Waals surface area contributed by atoms with Gasteiger partial charge in [-0.25, -0.2) is 4.98 Å². The van der Waals surface area contributed by atoms with E-state index in [1.165, 1.54) is 26.0 Å². The number of carbonyl (C=O) groups is 1. The van der Waals surface area contributed by atoms with Crippen LogP contribution in [0.15, 0.2) is 34.7 Å². The molecule has 8 nitrogen and oxygen atoms in total. The van der Waals surface area contributed by atoms with Crippen LogP contribution in [0.5, 0.6) is 17.2 Å². The van der Waals surface area contributed by atoms with Crippen molar-refractivity contribution in [3.63, 3.8) is 0 Å². The number of amides is 1. The van der Waals surface area contributed by atoms with E-state index in [9.17, 15) is 14.7 Å². The predicted octanol–water partition coefficient (Wildman–Crippen LogP) is 2.24. The van der Waals surface area contributed by atoms with Gasteiger partial charge in [-0.2, -0.15) is 0 Å². The highest BCUT2D eigenvalue weighted by molar-refractivity contribution is 7.99. The molecule has 1 atom stereocenters. The van der Waals surface area contributed by atoms with Crippen LogP contribution >= 0.6 is 11.8 Å². The number of H-pyrrole nitrogens is 1. The van der Waals surface area contributed by atoms with E-state index in [4.69, 9.17) is 9.47 Å². The second-order valence-electron chi connectivity index (χ2n) is 5.81. The van der Waals surface area contributed by atoms with Crippen LogP contribution in [0, 0.1) is 0 Å². The Balaban J connectivity index is 2.13. The molecule has 1 aromatic carbocycles. The molecule has 0 saturated heterocycles. The van der Waals surface area contributed by atoms with Gasteiger partial charge in [0.15, 0.2) is 16.7 Å². The zero-order valence-corrected chi connectivity index (χ0v) is 15.7. The number of hydrogen-bond acceptors (Lipinski definition) is 7. The minimum Gasteiger partial charge on any atom is -0.502 e. The fourth-order valence-electron chi connectivity index (χ4n) is 2.96. The first kappa shape index (κ1) is 18.8. The number of nitrogens with one attached hydrogen (secondary N) is 2. The van der Waals surface area contributed by atoms with E-state index in [1.54, 1.807) is 18.2 Å². The van der Waals surface area contributed by atoms with Gasteiger partial charge in [0.25, 0.3) is 5.56 Å². The normalized spacial score (nSPS) is 15.6. The Morgan fingerprint density at radius 3 is 2.59 bits per heavy atom. The molecule has 0 fully saturated rings. The molecule has 142 valence electrons. The van der Waals surface area contributed by atoms with Crippen molar-refractivity contribution in [1.29, 1.82) is 0 Å². The summed E-state index contributed by atoms with van der Waals surface area (Å²) < 4.78 is 10.4. The van der Waals surface area contributed by atoms with E-state index in [0.29, 0.717) is 22.0 Å². The number of carbonyl (C=O) groups excluding carboxylic acids is 1.